The zero-order chi connectivity index (χ0) is 9.78. The molecule has 0 aliphatic carbocycles. The minimum absolute atomic E-state index is 0.862. The van der Waals surface area contributed by atoms with Crippen molar-refractivity contribution in [2.24, 2.45) is 0 Å². The molecular formula is C12H22O. The highest BCUT2D eigenvalue weighted by molar-refractivity contribution is 4.86. The topological polar surface area (TPSA) is 9.23 Å². The average molecular weight is 182 g/mol. The van der Waals surface area contributed by atoms with E-state index < -0.39 is 0 Å². The number of allylic oxidation sites excluding steroid dienone is 3. The molecule has 0 saturated heterocycles. The van der Waals surface area contributed by atoms with Gasteiger partial charge in [0.15, 0.2) is 0 Å². The lowest BCUT2D eigenvalue weighted by molar-refractivity contribution is 0.244. The monoisotopic (exact) mass is 182 g/mol. The third-order valence-corrected chi connectivity index (χ3v) is 1.49. The van der Waals surface area contributed by atoms with Gasteiger partial charge in [-0.3, -0.25) is 0 Å². The Bertz CT molecular complexity index is 120. The van der Waals surface area contributed by atoms with Crippen LogP contribution in [0.3, 0.4) is 0 Å². The molecule has 0 fully saturated rings. The average Bonchev–Trinajstić information content (AvgIpc) is 2.16. The summed E-state index contributed by atoms with van der Waals surface area (Å²) in [6.45, 7) is 5.11. The van der Waals surface area contributed by atoms with Crippen LogP contribution >= 0.6 is 0 Å². The molecule has 76 valence electrons. The second-order valence-electron chi connectivity index (χ2n) is 3.14. The fourth-order valence-corrected chi connectivity index (χ4v) is 0.917. The van der Waals surface area contributed by atoms with Gasteiger partial charge in [-0.05, 0) is 31.8 Å². The largest absolute Gasteiger partial charge is 0.502 e. The smallest absolute Gasteiger partial charge is 0.0876 e. The first-order valence-corrected chi connectivity index (χ1v) is 5.33. The number of hydrogen-bond acceptors (Lipinski definition) is 1. The van der Waals surface area contributed by atoms with Gasteiger partial charge in [0.1, 0.15) is 0 Å². The maximum absolute atomic E-state index is 5.20. The first-order valence-electron chi connectivity index (χ1n) is 5.33. The molecular weight excluding hydrogens is 160 g/mol. The van der Waals surface area contributed by atoms with Gasteiger partial charge in [-0.25, -0.2) is 0 Å². The van der Waals surface area contributed by atoms with E-state index in [1.165, 1.54) is 6.42 Å². The highest BCUT2D eigenvalue weighted by Crippen LogP contribution is 2.00. The van der Waals surface area contributed by atoms with Crippen molar-refractivity contribution in [3.8, 4) is 0 Å². The first-order chi connectivity index (χ1) is 6.41. The molecule has 0 saturated carbocycles. The van der Waals surface area contributed by atoms with Crippen LogP contribution in [0.1, 0.15) is 46.0 Å². The molecule has 1 heterocycles. The van der Waals surface area contributed by atoms with Crippen LogP contribution < -0.4 is 0 Å². The van der Waals surface area contributed by atoms with Gasteiger partial charge in [0.25, 0.3) is 0 Å². The maximum atomic E-state index is 5.20. The van der Waals surface area contributed by atoms with E-state index >= 15 is 0 Å². The zero-order valence-corrected chi connectivity index (χ0v) is 8.96. The van der Waals surface area contributed by atoms with Gasteiger partial charge in [0.2, 0.25) is 0 Å². The summed E-state index contributed by atoms with van der Waals surface area (Å²) < 4.78 is 5.20. The lowest BCUT2D eigenvalue weighted by atomic mass is 10.2. The lowest BCUT2D eigenvalue weighted by Crippen LogP contribution is -1.86. The predicted molar refractivity (Wildman–Crippen MR) is 58.7 cm³/mol. The van der Waals surface area contributed by atoms with E-state index in [4.69, 9.17) is 4.74 Å². The Morgan fingerprint density at radius 2 is 1.62 bits per heavy atom. The van der Waals surface area contributed by atoms with Crippen molar-refractivity contribution in [2.75, 3.05) is 6.61 Å². The van der Waals surface area contributed by atoms with Gasteiger partial charge in [-0.1, -0.05) is 32.4 Å². The summed E-state index contributed by atoms with van der Waals surface area (Å²) in [5.41, 5.74) is 0. The minimum atomic E-state index is 0.862. The fraction of sp³-hybridized carbons (Fsp3) is 0.667. The van der Waals surface area contributed by atoms with Crippen molar-refractivity contribution in [2.45, 2.75) is 46.0 Å². The number of ether oxygens (including phenoxy) is 1. The second kappa shape index (κ2) is 11.3. The molecule has 0 aromatic carbocycles. The molecule has 0 aromatic rings. The van der Waals surface area contributed by atoms with E-state index in [2.05, 4.69) is 32.1 Å². The van der Waals surface area contributed by atoms with Gasteiger partial charge in [-0.15, -0.1) is 0 Å². The van der Waals surface area contributed by atoms with E-state index in [0.717, 1.165) is 32.3 Å². The summed E-state index contributed by atoms with van der Waals surface area (Å²) in [6.07, 6.45) is 14.2. The summed E-state index contributed by atoms with van der Waals surface area (Å²) in [6, 6.07) is 0. The first kappa shape index (κ1) is 12.3. The molecule has 13 heavy (non-hydrogen) atoms. The third-order valence-electron chi connectivity index (χ3n) is 1.49. The molecule has 0 unspecified atom stereocenters. The molecule has 0 N–H and O–H groups in total. The van der Waals surface area contributed by atoms with E-state index in [1.807, 2.05) is 6.26 Å². The molecule has 0 atom stereocenters. The maximum Gasteiger partial charge on any atom is 0.0876 e. The zero-order valence-electron chi connectivity index (χ0n) is 8.96. The molecule has 1 rings (SSSR count). The van der Waals surface area contributed by atoms with E-state index in [9.17, 15) is 0 Å². The Morgan fingerprint density at radius 3 is 2.38 bits per heavy atom. The Kier molecular flexibility index (Phi) is 10.7. The fourth-order valence-electron chi connectivity index (χ4n) is 0.917. The van der Waals surface area contributed by atoms with Crippen LogP contribution in [0.15, 0.2) is 24.5 Å². The van der Waals surface area contributed by atoms with Crippen LogP contribution in [-0.4, -0.2) is 6.61 Å². The summed E-state index contributed by atoms with van der Waals surface area (Å²) in [7, 11) is 0. The Labute approximate surface area is 82.5 Å². The number of rotatable bonds is 0. The summed E-state index contributed by atoms with van der Waals surface area (Å²) >= 11 is 0. The van der Waals surface area contributed by atoms with Crippen molar-refractivity contribution >= 4 is 0 Å². The standard InChI is InChI=1S/C9H14O.C3H8/c1-2-4-6-8-10-9-7-5-3-1;1-3-2/h1-2,7,9H,3-6,8H2;3H2,1-2H3/b2-1+,9-7+;. The molecule has 0 amide bonds. The third kappa shape index (κ3) is 11.3. The highest BCUT2D eigenvalue weighted by Gasteiger charge is 1.85. The molecule has 0 aromatic heterocycles. The SMILES string of the molecule is C1=C/CCCO/C=C/CC/1.CCC. The van der Waals surface area contributed by atoms with Crippen LogP contribution in [0.5, 0.6) is 0 Å². The Morgan fingerprint density at radius 1 is 1.00 bits per heavy atom. The summed E-state index contributed by atoms with van der Waals surface area (Å²) in [5, 5.41) is 0. The van der Waals surface area contributed by atoms with Crippen LogP contribution in [-0.2, 0) is 4.74 Å². The van der Waals surface area contributed by atoms with Gasteiger partial charge in [0.05, 0.1) is 12.9 Å². The molecule has 0 radical (unpaired) electrons. The van der Waals surface area contributed by atoms with Crippen LogP contribution in [0.25, 0.3) is 0 Å². The van der Waals surface area contributed by atoms with Gasteiger partial charge in [0, 0.05) is 0 Å². The van der Waals surface area contributed by atoms with E-state index in [0.29, 0.717) is 0 Å². The second-order valence-corrected chi connectivity index (χ2v) is 3.14. The Balaban J connectivity index is 0.000000424. The van der Waals surface area contributed by atoms with Crippen molar-refractivity contribution in [3.05, 3.63) is 24.5 Å². The van der Waals surface area contributed by atoms with Gasteiger partial charge < -0.3 is 4.74 Å². The van der Waals surface area contributed by atoms with E-state index in [1.54, 1.807) is 0 Å². The highest BCUT2D eigenvalue weighted by atomic mass is 16.5. The quantitative estimate of drug-likeness (QED) is 0.513. The molecule has 1 aliphatic heterocycles. The van der Waals surface area contributed by atoms with Crippen molar-refractivity contribution in [1.29, 1.82) is 0 Å². The lowest BCUT2D eigenvalue weighted by Gasteiger charge is -1.99. The van der Waals surface area contributed by atoms with Crippen LogP contribution in [0.4, 0.5) is 0 Å². The molecule has 1 heteroatoms. The predicted octanol–water partition coefficient (Wildman–Crippen LogP) is 4.06. The van der Waals surface area contributed by atoms with Crippen molar-refractivity contribution in [1.82, 2.24) is 0 Å². The summed E-state index contributed by atoms with van der Waals surface area (Å²) in [4.78, 5) is 0. The molecule has 1 aliphatic rings. The minimum Gasteiger partial charge on any atom is -0.502 e. The van der Waals surface area contributed by atoms with E-state index in [-0.39, 0.29) is 0 Å². The summed E-state index contributed by atoms with van der Waals surface area (Å²) in [5.74, 6) is 0. The van der Waals surface area contributed by atoms with Crippen molar-refractivity contribution in [3.63, 3.8) is 0 Å². The van der Waals surface area contributed by atoms with Crippen LogP contribution in [0, 0.1) is 0 Å². The molecule has 0 spiro atoms. The van der Waals surface area contributed by atoms with Gasteiger partial charge in [-0.2, -0.15) is 0 Å². The van der Waals surface area contributed by atoms with Gasteiger partial charge >= 0.3 is 0 Å². The number of hydrogen-bond donors (Lipinski definition) is 0. The van der Waals surface area contributed by atoms with Crippen molar-refractivity contribution < 1.29 is 4.74 Å². The normalized spacial score (nSPS) is 21.7. The Hall–Kier alpha value is -0.720. The molecule has 0 bridgehead atoms. The van der Waals surface area contributed by atoms with Crippen LogP contribution in [0.2, 0.25) is 0 Å². The molecule has 1 nitrogen and oxygen atoms in total.